The van der Waals surface area contributed by atoms with Gasteiger partial charge in [-0.2, -0.15) is 0 Å². The minimum absolute atomic E-state index is 0.0475. The second-order valence-corrected chi connectivity index (χ2v) is 4.18. The van der Waals surface area contributed by atoms with Crippen LogP contribution in [0, 0.1) is 6.92 Å². The van der Waals surface area contributed by atoms with Crippen LogP contribution in [0.4, 0.5) is 0 Å². The normalized spacial score (nSPS) is 10.1. The van der Waals surface area contributed by atoms with E-state index in [2.05, 4.69) is 20.9 Å². The van der Waals surface area contributed by atoms with E-state index in [1.54, 1.807) is 11.1 Å². The average Bonchev–Trinajstić information content (AvgIpc) is 2.23. The second-order valence-electron chi connectivity index (χ2n) is 3.26. The van der Waals surface area contributed by atoms with Gasteiger partial charge in [-0.05, 0) is 42.8 Å². The Kier molecular flexibility index (Phi) is 4.27. The number of carbonyl (C=O) groups is 1. The third-order valence-corrected chi connectivity index (χ3v) is 2.77. The molecule has 0 unspecified atom stereocenters. The third-order valence-electron chi connectivity index (χ3n) is 2.33. The number of hydrogen-bond acceptors (Lipinski definition) is 2. The lowest BCUT2D eigenvalue weighted by molar-refractivity contribution is 0.0771. The lowest BCUT2D eigenvalue weighted by Gasteiger charge is -2.19. The zero-order valence-electron chi connectivity index (χ0n) is 9.25. The summed E-state index contributed by atoms with van der Waals surface area (Å²) in [7, 11) is 0. The topological polar surface area (TPSA) is 33.2 Å². The van der Waals surface area contributed by atoms with Crippen LogP contribution in [0.1, 0.15) is 29.9 Å². The molecule has 1 aromatic heterocycles. The first-order valence-electron chi connectivity index (χ1n) is 5.01. The minimum Gasteiger partial charge on any atom is -0.339 e. The van der Waals surface area contributed by atoms with Gasteiger partial charge < -0.3 is 4.90 Å². The van der Waals surface area contributed by atoms with Crippen molar-refractivity contribution in [3.8, 4) is 0 Å². The average molecular weight is 271 g/mol. The standard InChI is InChI=1S/C11H15BrN2O/c1-4-14(5-2)11(15)10-6-9(12)7-13-8(10)3/h6-7H,4-5H2,1-3H3. The van der Waals surface area contributed by atoms with E-state index in [4.69, 9.17) is 0 Å². The number of rotatable bonds is 3. The SMILES string of the molecule is CCN(CC)C(=O)c1cc(Br)cnc1C. The molecule has 0 aliphatic carbocycles. The summed E-state index contributed by atoms with van der Waals surface area (Å²) in [5.74, 6) is 0.0475. The van der Waals surface area contributed by atoms with Gasteiger partial charge in [0.15, 0.2) is 0 Å². The molecule has 0 saturated heterocycles. The van der Waals surface area contributed by atoms with Crippen LogP contribution in [-0.4, -0.2) is 28.9 Å². The molecular weight excluding hydrogens is 256 g/mol. The molecule has 1 aromatic rings. The van der Waals surface area contributed by atoms with Gasteiger partial charge in [-0.25, -0.2) is 0 Å². The van der Waals surface area contributed by atoms with Gasteiger partial charge in [-0.15, -0.1) is 0 Å². The Labute approximate surface area is 98.6 Å². The first kappa shape index (κ1) is 12.2. The van der Waals surface area contributed by atoms with E-state index in [9.17, 15) is 4.79 Å². The van der Waals surface area contributed by atoms with Crippen molar-refractivity contribution in [3.05, 3.63) is 28.0 Å². The molecule has 82 valence electrons. The van der Waals surface area contributed by atoms with Crippen molar-refractivity contribution < 1.29 is 4.79 Å². The summed E-state index contributed by atoms with van der Waals surface area (Å²) in [5, 5.41) is 0. The highest BCUT2D eigenvalue weighted by atomic mass is 79.9. The number of aryl methyl sites for hydroxylation is 1. The fraction of sp³-hybridized carbons (Fsp3) is 0.455. The van der Waals surface area contributed by atoms with Crippen LogP contribution in [0.2, 0.25) is 0 Å². The summed E-state index contributed by atoms with van der Waals surface area (Å²) in [6.45, 7) is 7.25. The zero-order valence-corrected chi connectivity index (χ0v) is 10.8. The van der Waals surface area contributed by atoms with Crippen LogP contribution < -0.4 is 0 Å². The molecule has 0 N–H and O–H groups in total. The Hall–Kier alpha value is -0.900. The van der Waals surface area contributed by atoms with E-state index in [1.165, 1.54) is 0 Å². The maximum atomic E-state index is 12.0. The van der Waals surface area contributed by atoms with Crippen molar-refractivity contribution in [2.24, 2.45) is 0 Å². The molecule has 0 aliphatic heterocycles. The van der Waals surface area contributed by atoms with Gasteiger partial charge in [-0.1, -0.05) is 0 Å². The minimum atomic E-state index is 0.0475. The number of pyridine rings is 1. The molecule has 0 spiro atoms. The molecule has 1 rings (SSSR count). The molecule has 3 nitrogen and oxygen atoms in total. The second kappa shape index (κ2) is 5.26. The van der Waals surface area contributed by atoms with Crippen molar-refractivity contribution in [2.75, 3.05) is 13.1 Å². The van der Waals surface area contributed by atoms with Crippen LogP contribution >= 0.6 is 15.9 Å². The number of amides is 1. The van der Waals surface area contributed by atoms with Gasteiger partial charge >= 0.3 is 0 Å². The summed E-state index contributed by atoms with van der Waals surface area (Å²) in [6, 6.07) is 1.82. The Morgan fingerprint density at radius 3 is 2.60 bits per heavy atom. The maximum Gasteiger partial charge on any atom is 0.255 e. The molecule has 1 amide bonds. The lowest BCUT2D eigenvalue weighted by atomic mass is 10.2. The highest BCUT2D eigenvalue weighted by Gasteiger charge is 2.15. The van der Waals surface area contributed by atoms with Crippen molar-refractivity contribution in [2.45, 2.75) is 20.8 Å². The molecular formula is C11H15BrN2O. The van der Waals surface area contributed by atoms with Gasteiger partial charge in [0.1, 0.15) is 0 Å². The molecule has 0 aromatic carbocycles. The first-order chi connectivity index (χ1) is 7.10. The molecule has 0 saturated carbocycles. The number of nitrogens with zero attached hydrogens (tertiary/aromatic N) is 2. The number of halogens is 1. The summed E-state index contributed by atoms with van der Waals surface area (Å²) in [5.41, 5.74) is 1.45. The smallest absolute Gasteiger partial charge is 0.255 e. The van der Waals surface area contributed by atoms with Crippen molar-refractivity contribution in [1.82, 2.24) is 9.88 Å². The van der Waals surface area contributed by atoms with Crippen LogP contribution in [0.15, 0.2) is 16.7 Å². The molecule has 0 aliphatic rings. The summed E-state index contributed by atoms with van der Waals surface area (Å²) >= 11 is 3.32. The predicted octanol–water partition coefficient (Wildman–Crippen LogP) is 2.63. The molecule has 0 radical (unpaired) electrons. The van der Waals surface area contributed by atoms with E-state index >= 15 is 0 Å². The monoisotopic (exact) mass is 270 g/mol. The van der Waals surface area contributed by atoms with Crippen LogP contribution in [0.5, 0.6) is 0 Å². The van der Waals surface area contributed by atoms with Crippen LogP contribution in [0.25, 0.3) is 0 Å². The van der Waals surface area contributed by atoms with Crippen molar-refractivity contribution >= 4 is 21.8 Å². The molecule has 4 heteroatoms. The lowest BCUT2D eigenvalue weighted by Crippen LogP contribution is -2.31. The third kappa shape index (κ3) is 2.78. The summed E-state index contributed by atoms with van der Waals surface area (Å²) in [4.78, 5) is 18.0. The highest BCUT2D eigenvalue weighted by molar-refractivity contribution is 9.10. The van der Waals surface area contributed by atoms with E-state index < -0.39 is 0 Å². The van der Waals surface area contributed by atoms with E-state index in [0.29, 0.717) is 5.56 Å². The fourth-order valence-corrected chi connectivity index (χ4v) is 1.74. The van der Waals surface area contributed by atoms with E-state index in [0.717, 1.165) is 23.3 Å². The zero-order chi connectivity index (χ0) is 11.4. The number of carbonyl (C=O) groups excluding carboxylic acids is 1. The van der Waals surface area contributed by atoms with Crippen LogP contribution in [0.3, 0.4) is 0 Å². The molecule has 1 heterocycles. The quantitative estimate of drug-likeness (QED) is 0.846. The number of aromatic nitrogens is 1. The Morgan fingerprint density at radius 2 is 2.07 bits per heavy atom. The van der Waals surface area contributed by atoms with Gasteiger partial charge in [0, 0.05) is 23.8 Å². The largest absolute Gasteiger partial charge is 0.339 e. The van der Waals surface area contributed by atoms with E-state index in [1.807, 2.05) is 26.8 Å². The van der Waals surface area contributed by atoms with Gasteiger partial charge in [0.2, 0.25) is 0 Å². The number of hydrogen-bond donors (Lipinski definition) is 0. The fourth-order valence-electron chi connectivity index (χ4n) is 1.41. The van der Waals surface area contributed by atoms with E-state index in [-0.39, 0.29) is 5.91 Å². The summed E-state index contributed by atoms with van der Waals surface area (Å²) in [6.07, 6.45) is 1.70. The van der Waals surface area contributed by atoms with Gasteiger partial charge in [0.25, 0.3) is 5.91 Å². The molecule has 0 bridgehead atoms. The van der Waals surface area contributed by atoms with Gasteiger partial charge in [0.05, 0.1) is 11.3 Å². The molecule has 0 fully saturated rings. The Morgan fingerprint density at radius 1 is 1.47 bits per heavy atom. The Bertz CT molecular complexity index is 362. The first-order valence-corrected chi connectivity index (χ1v) is 5.80. The highest BCUT2D eigenvalue weighted by Crippen LogP contribution is 2.15. The van der Waals surface area contributed by atoms with Gasteiger partial charge in [-0.3, -0.25) is 9.78 Å². The predicted molar refractivity (Wildman–Crippen MR) is 63.9 cm³/mol. The van der Waals surface area contributed by atoms with Crippen LogP contribution in [-0.2, 0) is 0 Å². The molecule has 15 heavy (non-hydrogen) atoms. The molecule has 0 atom stereocenters. The van der Waals surface area contributed by atoms with Crippen molar-refractivity contribution in [1.29, 1.82) is 0 Å². The maximum absolute atomic E-state index is 12.0. The Balaban J connectivity index is 3.04. The summed E-state index contributed by atoms with van der Waals surface area (Å²) < 4.78 is 0.837. The van der Waals surface area contributed by atoms with Crippen molar-refractivity contribution in [3.63, 3.8) is 0 Å².